The van der Waals surface area contributed by atoms with Crippen molar-refractivity contribution >= 4 is 45.1 Å². The van der Waals surface area contributed by atoms with Crippen LogP contribution in [-0.2, 0) is 18.7 Å². The van der Waals surface area contributed by atoms with Crippen molar-refractivity contribution in [2.24, 2.45) is 0 Å². The molecule has 27 heavy (non-hydrogen) atoms. The van der Waals surface area contributed by atoms with Gasteiger partial charge >= 0.3 is 0 Å². The van der Waals surface area contributed by atoms with Crippen LogP contribution in [0.4, 0.5) is 0 Å². The molecular formula is C19H19N5S3. The molecule has 0 bridgehead atoms. The normalized spacial score (nSPS) is 11.3. The maximum absolute atomic E-state index is 4.69. The first-order chi connectivity index (χ1) is 13.3. The molecule has 0 amide bonds. The molecule has 0 fully saturated rings. The zero-order valence-electron chi connectivity index (χ0n) is 14.9. The second-order valence-electron chi connectivity index (χ2n) is 5.80. The lowest BCUT2D eigenvalue weighted by atomic mass is 10.3. The van der Waals surface area contributed by atoms with E-state index in [1.165, 1.54) is 4.70 Å². The van der Waals surface area contributed by atoms with Gasteiger partial charge in [-0.05, 0) is 37.6 Å². The molecule has 0 atom stereocenters. The van der Waals surface area contributed by atoms with Crippen molar-refractivity contribution in [2.45, 2.75) is 35.1 Å². The Morgan fingerprint density at radius 3 is 2.74 bits per heavy atom. The molecule has 1 aromatic carbocycles. The zero-order chi connectivity index (χ0) is 18.5. The number of aromatic nitrogens is 5. The number of hydrogen-bond acceptors (Lipinski definition) is 7. The fourth-order valence-corrected chi connectivity index (χ4v) is 5.67. The molecule has 0 radical (unpaired) electrons. The molecule has 3 heterocycles. The molecule has 5 nitrogen and oxygen atoms in total. The van der Waals surface area contributed by atoms with Gasteiger partial charge in [0.05, 0.1) is 16.0 Å². The number of para-hydroxylation sites is 1. The minimum Gasteiger partial charge on any atom is -0.306 e. The summed E-state index contributed by atoms with van der Waals surface area (Å²) in [4.78, 5) is 9.06. The van der Waals surface area contributed by atoms with E-state index in [9.17, 15) is 0 Å². The van der Waals surface area contributed by atoms with E-state index in [4.69, 9.17) is 0 Å². The molecular weight excluding hydrogens is 394 g/mol. The Hall–Kier alpha value is -1.90. The van der Waals surface area contributed by atoms with Gasteiger partial charge in [-0.15, -0.1) is 21.5 Å². The van der Waals surface area contributed by atoms with E-state index in [1.807, 2.05) is 24.4 Å². The van der Waals surface area contributed by atoms with E-state index in [0.29, 0.717) is 0 Å². The van der Waals surface area contributed by atoms with Gasteiger partial charge in [-0.2, -0.15) is 0 Å². The van der Waals surface area contributed by atoms with Crippen molar-refractivity contribution in [3.05, 3.63) is 60.2 Å². The molecule has 0 saturated heterocycles. The summed E-state index contributed by atoms with van der Waals surface area (Å²) in [6.45, 7) is 3.01. The Balaban J connectivity index is 1.38. The molecule has 0 aliphatic rings. The van der Waals surface area contributed by atoms with Gasteiger partial charge in [0.2, 0.25) is 0 Å². The third kappa shape index (κ3) is 4.51. The van der Waals surface area contributed by atoms with Crippen LogP contribution >= 0.6 is 34.9 Å². The van der Waals surface area contributed by atoms with Crippen LogP contribution in [0.5, 0.6) is 0 Å². The molecule has 0 aliphatic carbocycles. The van der Waals surface area contributed by atoms with Gasteiger partial charge in [-0.3, -0.25) is 4.98 Å². The summed E-state index contributed by atoms with van der Waals surface area (Å²) in [6.07, 6.45) is 2.77. The number of aryl methyl sites for hydroxylation is 1. The molecule has 3 aromatic heterocycles. The standard InChI is InChI=1S/C19H19N5S3/c1-2-24-17(13-26-19-21-15-8-3-4-9-16(15)27-19)22-23-18(24)25-12-10-14-7-5-6-11-20-14/h3-9,11H,2,10,12-13H2,1H3. The van der Waals surface area contributed by atoms with Gasteiger partial charge in [-0.25, -0.2) is 4.98 Å². The van der Waals surface area contributed by atoms with Crippen molar-refractivity contribution in [2.75, 3.05) is 5.75 Å². The molecule has 8 heteroatoms. The van der Waals surface area contributed by atoms with Crippen molar-refractivity contribution in [3.63, 3.8) is 0 Å². The van der Waals surface area contributed by atoms with Crippen LogP contribution in [0.3, 0.4) is 0 Å². The van der Waals surface area contributed by atoms with Crippen LogP contribution in [0.15, 0.2) is 58.2 Å². The van der Waals surface area contributed by atoms with Crippen LogP contribution in [0, 0.1) is 0 Å². The summed E-state index contributed by atoms with van der Waals surface area (Å²) < 4.78 is 4.50. The highest BCUT2D eigenvalue weighted by atomic mass is 32.2. The minimum atomic E-state index is 0.779. The monoisotopic (exact) mass is 413 g/mol. The van der Waals surface area contributed by atoms with Crippen molar-refractivity contribution < 1.29 is 0 Å². The average Bonchev–Trinajstić information content (AvgIpc) is 3.30. The second-order valence-corrected chi connectivity index (χ2v) is 9.11. The third-order valence-corrected chi connectivity index (χ3v) is 7.17. The SMILES string of the molecule is CCn1c(CSc2nc3ccccc3s2)nnc1SCCc1ccccn1. The molecule has 138 valence electrons. The smallest absolute Gasteiger partial charge is 0.191 e. The van der Waals surface area contributed by atoms with Crippen molar-refractivity contribution in [1.29, 1.82) is 0 Å². The van der Waals surface area contributed by atoms with Gasteiger partial charge < -0.3 is 4.57 Å². The highest BCUT2D eigenvalue weighted by Gasteiger charge is 2.13. The summed E-state index contributed by atoms with van der Waals surface area (Å²) >= 11 is 5.20. The van der Waals surface area contributed by atoms with E-state index in [1.54, 1.807) is 34.9 Å². The molecule has 0 saturated carbocycles. The highest BCUT2D eigenvalue weighted by molar-refractivity contribution is 8.00. The quantitative estimate of drug-likeness (QED) is 0.382. The molecule has 0 aliphatic heterocycles. The Bertz CT molecular complexity index is 980. The van der Waals surface area contributed by atoms with E-state index in [2.05, 4.69) is 55.9 Å². The third-order valence-electron chi connectivity index (χ3n) is 4.02. The molecule has 0 unspecified atom stereocenters. The number of fused-ring (bicyclic) bond motifs is 1. The first-order valence-electron chi connectivity index (χ1n) is 8.76. The summed E-state index contributed by atoms with van der Waals surface area (Å²) in [5, 5.41) is 9.79. The largest absolute Gasteiger partial charge is 0.306 e. The predicted octanol–water partition coefficient (Wildman–Crippen LogP) is 4.93. The Kier molecular flexibility index (Phi) is 6.06. The number of benzene rings is 1. The van der Waals surface area contributed by atoms with Gasteiger partial charge in [0.1, 0.15) is 5.82 Å². The molecule has 4 rings (SSSR count). The van der Waals surface area contributed by atoms with Crippen molar-refractivity contribution in [1.82, 2.24) is 24.7 Å². The number of nitrogens with zero attached hydrogens (tertiary/aromatic N) is 5. The predicted molar refractivity (Wildman–Crippen MR) is 114 cm³/mol. The van der Waals surface area contributed by atoms with E-state index >= 15 is 0 Å². The minimum absolute atomic E-state index is 0.779. The maximum atomic E-state index is 4.69. The van der Waals surface area contributed by atoms with Gasteiger partial charge in [0, 0.05) is 24.2 Å². The highest BCUT2D eigenvalue weighted by Crippen LogP contribution is 2.31. The lowest BCUT2D eigenvalue weighted by molar-refractivity contribution is 0.659. The fraction of sp³-hybridized carbons (Fsp3) is 0.263. The second kappa shape index (κ2) is 8.86. The van der Waals surface area contributed by atoms with E-state index < -0.39 is 0 Å². The first-order valence-corrected chi connectivity index (χ1v) is 11.6. The van der Waals surface area contributed by atoms with Crippen LogP contribution in [0.1, 0.15) is 18.4 Å². The maximum Gasteiger partial charge on any atom is 0.191 e. The van der Waals surface area contributed by atoms with Crippen LogP contribution < -0.4 is 0 Å². The molecule has 4 aromatic rings. The fourth-order valence-electron chi connectivity index (χ4n) is 2.68. The van der Waals surface area contributed by atoms with Gasteiger partial charge in [0.15, 0.2) is 9.50 Å². The van der Waals surface area contributed by atoms with E-state index in [0.717, 1.165) is 51.0 Å². The first kappa shape index (κ1) is 18.5. The molecule has 0 N–H and O–H groups in total. The van der Waals surface area contributed by atoms with E-state index in [-0.39, 0.29) is 0 Å². The topological polar surface area (TPSA) is 56.5 Å². The number of rotatable bonds is 8. The van der Waals surface area contributed by atoms with Crippen LogP contribution in [0.2, 0.25) is 0 Å². The summed E-state index contributed by atoms with van der Waals surface area (Å²) in [6, 6.07) is 14.3. The Morgan fingerprint density at radius 1 is 1.04 bits per heavy atom. The summed E-state index contributed by atoms with van der Waals surface area (Å²) in [5.41, 5.74) is 2.17. The van der Waals surface area contributed by atoms with Crippen LogP contribution in [-0.4, -0.2) is 30.5 Å². The number of thioether (sulfide) groups is 2. The lowest BCUT2D eigenvalue weighted by Gasteiger charge is -2.06. The Morgan fingerprint density at radius 2 is 1.93 bits per heavy atom. The van der Waals surface area contributed by atoms with Gasteiger partial charge in [0.25, 0.3) is 0 Å². The van der Waals surface area contributed by atoms with Crippen molar-refractivity contribution in [3.8, 4) is 0 Å². The summed E-state index contributed by atoms with van der Waals surface area (Å²) in [7, 11) is 0. The number of pyridine rings is 1. The zero-order valence-corrected chi connectivity index (χ0v) is 17.4. The van der Waals surface area contributed by atoms with Gasteiger partial charge in [-0.1, -0.05) is 41.7 Å². The number of hydrogen-bond donors (Lipinski definition) is 0. The average molecular weight is 414 g/mol. The number of thiazole rings is 1. The van der Waals surface area contributed by atoms with Crippen LogP contribution in [0.25, 0.3) is 10.2 Å². The molecule has 0 spiro atoms. The lowest BCUT2D eigenvalue weighted by Crippen LogP contribution is -2.03. The Labute approximate surface area is 170 Å². The summed E-state index contributed by atoms with van der Waals surface area (Å²) in [5.74, 6) is 2.73.